The fourth-order valence-corrected chi connectivity index (χ4v) is 19.2. The third-order valence-electron chi connectivity index (χ3n) is 4.59. The Kier molecular flexibility index (Phi) is 11.9. The van der Waals surface area contributed by atoms with E-state index in [1.165, 1.54) is 51.8 Å². The van der Waals surface area contributed by atoms with Crippen molar-refractivity contribution in [3.63, 3.8) is 0 Å². The van der Waals surface area contributed by atoms with Gasteiger partial charge in [-0.3, -0.25) is 0 Å². The Morgan fingerprint density at radius 2 is 1.35 bits per heavy atom. The molecule has 20 heavy (non-hydrogen) atoms. The molecular formula is C18H36OSn. The summed E-state index contributed by atoms with van der Waals surface area (Å²) in [6.45, 7) is 11.3. The minimum absolute atomic E-state index is 0.107. The van der Waals surface area contributed by atoms with Crippen LogP contribution < -0.4 is 0 Å². The number of hydrogen-bond acceptors (Lipinski definition) is 1. The van der Waals surface area contributed by atoms with Crippen molar-refractivity contribution in [2.45, 2.75) is 86.5 Å². The molecule has 0 heterocycles. The summed E-state index contributed by atoms with van der Waals surface area (Å²) in [5.41, 5.74) is 0. The molecule has 0 aromatic carbocycles. The van der Waals surface area contributed by atoms with Gasteiger partial charge in [-0.1, -0.05) is 0 Å². The maximum atomic E-state index is 11.0. The normalized spacial score (nSPS) is 14.3. The predicted molar refractivity (Wildman–Crippen MR) is 93.9 cm³/mol. The SMILES string of the molecule is CCC[CH2][Sn]([CH2]CCC)([CH2]CCC)/[C](C)=C\[C@@H](C)C=O. The first-order chi connectivity index (χ1) is 9.56. The topological polar surface area (TPSA) is 17.1 Å². The molecule has 2 heteroatoms. The molecule has 0 fully saturated rings. The van der Waals surface area contributed by atoms with Crippen LogP contribution in [0.1, 0.15) is 73.1 Å². The molecule has 0 aromatic heterocycles. The summed E-state index contributed by atoms with van der Waals surface area (Å²) in [6, 6.07) is 0. The Balaban J connectivity index is 5.19. The zero-order valence-corrected chi connectivity index (χ0v) is 17.4. The summed E-state index contributed by atoms with van der Waals surface area (Å²) in [6.07, 6.45) is 11.5. The fraction of sp³-hybridized carbons (Fsp3) is 0.833. The maximum absolute atomic E-state index is 11.0. The Bertz CT molecular complexity index is 261. The van der Waals surface area contributed by atoms with Gasteiger partial charge in [0.25, 0.3) is 0 Å². The molecule has 0 N–H and O–H groups in total. The van der Waals surface area contributed by atoms with E-state index in [0.29, 0.717) is 0 Å². The van der Waals surface area contributed by atoms with E-state index in [4.69, 9.17) is 0 Å². The Labute approximate surface area is 131 Å². The monoisotopic (exact) mass is 388 g/mol. The molecule has 0 rings (SSSR count). The van der Waals surface area contributed by atoms with Gasteiger partial charge in [-0.15, -0.1) is 0 Å². The number of hydrogen-bond donors (Lipinski definition) is 0. The molecule has 0 aliphatic heterocycles. The molecule has 0 saturated heterocycles. The van der Waals surface area contributed by atoms with E-state index in [2.05, 4.69) is 33.8 Å². The second-order valence-corrected chi connectivity index (χ2v) is 20.3. The van der Waals surface area contributed by atoms with Crippen LogP contribution in [0.15, 0.2) is 9.67 Å². The van der Waals surface area contributed by atoms with E-state index in [-0.39, 0.29) is 5.92 Å². The number of aldehydes is 1. The fourth-order valence-electron chi connectivity index (χ4n) is 3.12. The molecule has 0 unspecified atom stereocenters. The molecule has 0 bridgehead atoms. The van der Waals surface area contributed by atoms with Crippen LogP contribution in [0.3, 0.4) is 0 Å². The summed E-state index contributed by atoms with van der Waals surface area (Å²) in [7, 11) is 0. The average molecular weight is 387 g/mol. The van der Waals surface area contributed by atoms with Gasteiger partial charge >= 0.3 is 131 Å². The van der Waals surface area contributed by atoms with Gasteiger partial charge in [-0.2, -0.15) is 0 Å². The van der Waals surface area contributed by atoms with Gasteiger partial charge in [0, 0.05) is 0 Å². The standard InChI is InChI=1S/C6H9O.3C4H9.Sn/c1-3-4-6(2)5-7;3*1-3-4-2;/h4-6H,1-2H3;3*1,3-4H2,2H3;/t6-;;;;/m1..../s1. The molecular weight excluding hydrogens is 351 g/mol. The number of carbonyl (C=O) groups excluding carboxylic acids is 1. The number of rotatable bonds is 12. The van der Waals surface area contributed by atoms with E-state index in [0.717, 1.165) is 6.29 Å². The van der Waals surface area contributed by atoms with E-state index >= 15 is 0 Å². The van der Waals surface area contributed by atoms with Crippen molar-refractivity contribution >= 4 is 24.7 Å². The van der Waals surface area contributed by atoms with E-state index in [9.17, 15) is 4.79 Å². The summed E-state index contributed by atoms with van der Waals surface area (Å²) in [5, 5.41) is 0. The van der Waals surface area contributed by atoms with Crippen molar-refractivity contribution in [2.75, 3.05) is 0 Å². The molecule has 0 spiro atoms. The van der Waals surface area contributed by atoms with Gasteiger partial charge in [-0.25, -0.2) is 0 Å². The summed E-state index contributed by atoms with van der Waals surface area (Å²) < 4.78 is 6.17. The Morgan fingerprint density at radius 3 is 1.65 bits per heavy atom. The summed E-state index contributed by atoms with van der Waals surface area (Å²) >= 11 is -2.20. The molecule has 0 saturated carbocycles. The molecule has 0 radical (unpaired) electrons. The van der Waals surface area contributed by atoms with Crippen LogP contribution in [0.2, 0.25) is 13.3 Å². The van der Waals surface area contributed by atoms with Gasteiger partial charge in [0.05, 0.1) is 0 Å². The van der Waals surface area contributed by atoms with Crippen LogP contribution in [-0.4, -0.2) is 24.7 Å². The van der Waals surface area contributed by atoms with E-state index in [1.54, 1.807) is 3.59 Å². The number of unbranched alkanes of at least 4 members (excludes halogenated alkanes) is 3. The van der Waals surface area contributed by atoms with Gasteiger partial charge in [0.1, 0.15) is 0 Å². The molecule has 0 aliphatic carbocycles. The first-order valence-electron chi connectivity index (χ1n) is 8.70. The third kappa shape index (κ3) is 7.28. The second kappa shape index (κ2) is 11.8. The quantitative estimate of drug-likeness (QED) is 0.290. The zero-order chi connectivity index (χ0) is 15.4. The summed E-state index contributed by atoms with van der Waals surface area (Å²) in [5.74, 6) is 0.107. The van der Waals surface area contributed by atoms with Crippen molar-refractivity contribution in [1.29, 1.82) is 0 Å². The van der Waals surface area contributed by atoms with Crippen LogP contribution in [0.5, 0.6) is 0 Å². The minimum atomic E-state index is -2.20. The van der Waals surface area contributed by atoms with Gasteiger partial charge in [0.15, 0.2) is 0 Å². The van der Waals surface area contributed by atoms with Crippen LogP contribution >= 0.6 is 0 Å². The molecule has 1 nitrogen and oxygen atoms in total. The van der Waals surface area contributed by atoms with Crippen LogP contribution in [-0.2, 0) is 4.79 Å². The van der Waals surface area contributed by atoms with Gasteiger partial charge in [0.2, 0.25) is 0 Å². The number of allylic oxidation sites excluding steroid dienone is 2. The van der Waals surface area contributed by atoms with Crippen LogP contribution in [0.25, 0.3) is 0 Å². The molecule has 0 aromatic rings. The zero-order valence-electron chi connectivity index (χ0n) is 14.5. The van der Waals surface area contributed by atoms with Crippen molar-refractivity contribution < 1.29 is 4.79 Å². The van der Waals surface area contributed by atoms with Crippen molar-refractivity contribution in [3.05, 3.63) is 9.67 Å². The Hall–Kier alpha value is 0.209. The third-order valence-corrected chi connectivity index (χ3v) is 21.1. The number of carbonyl (C=O) groups is 1. The molecule has 0 amide bonds. The first-order valence-corrected chi connectivity index (χ1v) is 16.2. The first kappa shape index (κ1) is 20.2. The predicted octanol–water partition coefficient (Wildman–Crippen LogP) is 6.16. The van der Waals surface area contributed by atoms with Gasteiger partial charge in [-0.05, 0) is 0 Å². The van der Waals surface area contributed by atoms with Crippen LogP contribution in [0.4, 0.5) is 0 Å². The van der Waals surface area contributed by atoms with Crippen molar-refractivity contribution in [2.24, 2.45) is 5.92 Å². The Morgan fingerprint density at radius 1 is 0.950 bits per heavy atom. The van der Waals surface area contributed by atoms with Crippen molar-refractivity contribution in [3.8, 4) is 0 Å². The van der Waals surface area contributed by atoms with E-state index < -0.39 is 18.4 Å². The van der Waals surface area contributed by atoms with Gasteiger partial charge < -0.3 is 0 Å². The van der Waals surface area contributed by atoms with Crippen LogP contribution in [0, 0.1) is 5.92 Å². The second-order valence-electron chi connectivity index (χ2n) is 6.44. The molecule has 1 atom stereocenters. The molecule has 0 aliphatic rings. The van der Waals surface area contributed by atoms with Crippen molar-refractivity contribution in [1.82, 2.24) is 0 Å². The van der Waals surface area contributed by atoms with E-state index in [1.807, 2.05) is 6.92 Å². The average Bonchev–Trinajstić information content (AvgIpc) is 2.46. The molecule has 118 valence electrons. The summed E-state index contributed by atoms with van der Waals surface area (Å²) in [4.78, 5) is 11.0.